The third kappa shape index (κ3) is 4.75. The Kier molecular flexibility index (Phi) is 5.80. The summed E-state index contributed by atoms with van der Waals surface area (Å²) in [6, 6.07) is 10.5. The van der Waals surface area contributed by atoms with E-state index in [9.17, 15) is 9.59 Å². The van der Waals surface area contributed by atoms with Gasteiger partial charge in [0.15, 0.2) is 0 Å². The van der Waals surface area contributed by atoms with Gasteiger partial charge in [0.1, 0.15) is 5.69 Å². The van der Waals surface area contributed by atoms with Crippen LogP contribution in [-0.2, 0) is 4.79 Å². The molecule has 2 amide bonds. The molecule has 0 aliphatic rings. The molecule has 7 heteroatoms. The fraction of sp³-hybridized carbons (Fsp3) is 0.133. The van der Waals surface area contributed by atoms with Crippen molar-refractivity contribution in [2.24, 2.45) is 0 Å². The number of nitrogens with zero attached hydrogens (tertiary/aromatic N) is 1. The van der Waals surface area contributed by atoms with E-state index < -0.39 is 5.91 Å². The van der Waals surface area contributed by atoms with E-state index >= 15 is 0 Å². The number of pyridine rings is 1. The van der Waals surface area contributed by atoms with Crippen LogP contribution in [0.3, 0.4) is 0 Å². The minimum absolute atomic E-state index is 0.142. The van der Waals surface area contributed by atoms with Crippen LogP contribution in [0.4, 0.5) is 5.69 Å². The molecule has 0 bridgehead atoms. The van der Waals surface area contributed by atoms with Gasteiger partial charge in [-0.25, -0.2) is 0 Å². The van der Waals surface area contributed by atoms with Gasteiger partial charge in [0, 0.05) is 21.8 Å². The van der Waals surface area contributed by atoms with Crippen molar-refractivity contribution < 1.29 is 9.59 Å². The van der Waals surface area contributed by atoms with Crippen molar-refractivity contribution in [1.29, 1.82) is 0 Å². The van der Waals surface area contributed by atoms with Gasteiger partial charge >= 0.3 is 0 Å². The van der Waals surface area contributed by atoms with Crippen molar-refractivity contribution in [2.45, 2.75) is 4.90 Å². The Morgan fingerprint density at radius 1 is 1.27 bits per heavy atom. The summed E-state index contributed by atoms with van der Waals surface area (Å²) in [6.07, 6.45) is 3.39. The number of anilines is 1. The van der Waals surface area contributed by atoms with Gasteiger partial charge in [0.25, 0.3) is 5.91 Å². The molecular weight excluding hydrogens is 322 g/mol. The minimum atomic E-state index is -0.449. The number of carbonyl (C=O) groups is 2. The highest BCUT2D eigenvalue weighted by molar-refractivity contribution is 7.98. The molecule has 0 radical (unpaired) electrons. The van der Waals surface area contributed by atoms with Gasteiger partial charge in [-0.15, -0.1) is 11.8 Å². The van der Waals surface area contributed by atoms with Crippen molar-refractivity contribution >= 4 is 40.9 Å². The Morgan fingerprint density at radius 3 is 2.82 bits per heavy atom. The summed E-state index contributed by atoms with van der Waals surface area (Å²) in [5.41, 5.74) is 0.858. The average Bonchev–Trinajstić information content (AvgIpc) is 2.52. The maximum Gasteiger partial charge on any atom is 0.270 e. The van der Waals surface area contributed by atoms with Crippen LogP contribution in [0.2, 0.25) is 5.02 Å². The van der Waals surface area contributed by atoms with E-state index in [4.69, 9.17) is 11.6 Å². The maximum atomic E-state index is 11.8. The van der Waals surface area contributed by atoms with E-state index in [0.29, 0.717) is 10.7 Å². The summed E-state index contributed by atoms with van der Waals surface area (Å²) in [5, 5.41) is 5.63. The molecule has 0 spiro atoms. The van der Waals surface area contributed by atoms with Crippen LogP contribution >= 0.6 is 23.4 Å². The predicted octanol–water partition coefficient (Wildman–Crippen LogP) is 2.83. The second-order valence-corrected chi connectivity index (χ2v) is 5.64. The molecule has 2 aromatic rings. The molecule has 0 aliphatic carbocycles. The molecule has 1 aromatic heterocycles. The van der Waals surface area contributed by atoms with Crippen molar-refractivity contribution in [1.82, 2.24) is 10.3 Å². The van der Waals surface area contributed by atoms with E-state index in [-0.39, 0.29) is 18.1 Å². The van der Waals surface area contributed by atoms with Crippen molar-refractivity contribution in [3.05, 3.63) is 53.3 Å². The highest BCUT2D eigenvalue weighted by Gasteiger charge is 2.10. The zero-order valence-electron chi connectivity index (χ0n) is 11.8. The smallest absolute Gasteiger partial charge is 0.270 e. The molecule has 5 nitrogen and oxygen atoms in total. The number of carbonyl (C=O) groups excluding carboxylic acids is 2. The van der Waals surface area contributed by atoms with Crippen LogP contribution in [0.25, 0.3) is 0 Å². The van der Waals surface area contributed by atoms with Crippen LogP contribution in [0.1, 0.15) is 10.5 Å². The number of halogens is 1. The van der Waals surface area contributed by atoms with Crippen LogP contribution in [-0.4, -0.2) is 29.6 Å². The predicted molar refractivity (Wildman–Crippen MR) is 88.4 cm³/mol. The molecule has 0 unspecified atom stereocenters. The second-order valence-electron chi connectivity index (χ2n) is 4.32. The zero-order valence-corrected chi connectivity index (χ0v) is 13.4. The van der Waals surface area contributed by atoms with Crippen LogP contribution in [0.15, 0.2) is 47.5 Å². The van der Waals surface area contributed by atoms with Gasteiger partial charge < -0.3 is 10.6 Å². The summed E-state index contributed by atoms with van der Waals surface area (Å²) in [4.78, 5) is 28.6. The van der Waals surface area contributed by atoms with E-state index in [0.717, 1.165) is 4.90 Å². The number of rotatable bonds is 5. The first-order valence-corrected chi connectivity index (χ1v) is 8.02. The SMILES string of the molecule is CSc1cccc(NC(=O)CNC(=O)c2cc(Cl)ccn2)c1. The number of amides is 2. The lowest BCUT2D eigenvalue weighted by Gasteiger charge is -2.07. The Morgan fingerprint density at radius 2 is 2.09 bits per heavy atom. The Labute approximate surface area is 137 Å². The molecule has 22 heavy (non-hydrogen) atoms. The fourth-order valence-corrected chi connectivity index (χ4v) is 2.31. The molecule has 0 saturated heterocycles. The van der Waals surface area contributed by atoms with Crippen molar-refractivity contribution in [3.8, 4) is 0 Å². The average molecular weight is 336 g/mol. The summed E-state index contributed by atoms with van der Waals surface area (Å²) >= 11 is 7.37. The molecule has 2 N–H and O–H groups in total. The first-order chi connectivity index (χ1) is 10.6. The highest BCUT2D eigenvalue weighted by atomic mass is 35.5. The summed E-state index contributed by atoms with van der Waals surface area (Å²) in [5.74, 6) is -0.760. The summed E-state index contributed by atoms with van der Waals surface area (Å²) in [7, 11) is 0. The van der Waals surface area contributed by atoms with Crippen LogP contribution in [0.5, 0.6) is 0 Å². The molecule has 1 aromatic carbocycles. The Hall–Kier alpha value is -2.05. The lowest BCUT2D eigenvalue weighted by molar-refractivity contribution is -0.115. The normalized spacial score (nSPS) is 10.1. The molecule has 114 valence electrons. The number of aromatic nitrogens is 1. The Bertz CT molecular complexity index is 694. The quantitative estimate of drug-likeness (QED) is 0.824. The summed E-state index contributed by atoms with van der Waals surface area (Å²) < 4.78 is 0. The van der Waals surface area contributed by atoms with E-state index in [1.165, 1.54) is 12.3 Å². The van der Waals surface area contributed by atoms with Gasteiger partial charge in [-0.3, -0.25) is 14.6 Å². The van der Waals surface area contributed by atoms with Gasteiger partial charge in [0.05, 0.1) is 6.54 Å². The third-order valence-corrected chi connectivity index (χ3v) is 3.68. The first-order valence-electron chi connectivity index (χ1n) is 6.42. The van der Waals surface area contributed by atoms with E-state index in [2.05, 4.69) is 15.6 Å². The molecule has 0 atom stereocenters. The largest absolute Gasteiger partial charge is 0.342 e. The maximum absolute atomic E-state index is 11.8. The van der Waals surface area contributed by atoms with Gasteiger partial charge in [-0.2, -0.15) is 0 Å². The number of thioether (sulfide) groups is 1. The molecule has 2 rings (SSSR count). The fourth-order valence-electron chi connectivity index (χ4n) is 1.69. The summed E-state index contributed by atoms with van der Waals surface area (Å²) in [6.45, 7) is -0.142. The van der Waals surface area contributed by atoms with Gasteiger partial charge in [-0.05, 0) is 36.6 Å². The lowest BCUT2D eigenvalue weighted by Crippen LogP contribution is -2.33. The standard InChI is InChI=1S/C15H14ClN3O2S/c1-22-12-4-2-3-11(8-12)19-14(20)9-18-15(21)13-7-10(16)5-6-17-13/h2-8H,9H2,1H3,(H,18,21)(H,19,20). The number of hydrogen-bond donors (Lipinski definition) is 2. The molecule has 0 fully saturated rings. The number of benzene rings is 1. The molecular formula is C15H14ClN3O2S. The first kappa shape index (κ1) is 16.3. The van der Waals surface area contributed by atoms with Crippen molar-refractivity contribution in [2.75, 3.05) is 18.1 Å². The molecule has 0 saturated carbocycles. The van der Waals surface area contributed by atoms with Crippen LogP contribution in [0, 0.1) is 0 Å². The van der Waals surface area contributed by atoms with Gasteiger partial charge in [0.2, 0.25) is 5.91 Å². The number of nitrogens with one attached hydrogen (secondary N) is 2. The van der Waals surface area contributed by atoms with Crippen molar-refractivity contribution in [3.63, 3.8) is 0 Å². The number of hydrogen-bond acceptors (Lipinski definition) is 4. The lowest BCUT2D eigenvalue weighted by atomic mass is 10.3. The minimum Gasteiger partial charge on any atom is -0.342 e. The zero-order chi connectivity index (χ0) is 15.9. The topological polar surface area (TPSA) is 71.1 Å². The Balaban J connectivity index is 1.88. The molecule has 0 aliphatic heterocycles. The third-order valence-electron chi connectivity index (χ3n) is 2.72. The van der Waals surface area contributed by atoms with E-state index in [1.54, 1.807) is 23.9 Å². The van der Waals surface area contributed by atoms with E-state index in [1.807, 2.05) is 24.5 Å². The highest BCUT2D eigenvalue weighted by Crippen LogP contribution is 2.18. The molecule has 1 heterocycles. The monoisotopic (exact) mass is 335 g/mol. The van der Waals surface area contributed by atoms with Gasteiger partial charge in [-0.1, -0.05) is 17.7 Å². The second kappa shape index (κ2) is 7.82. The van der Waals surface area contributed by atoms with Crippen LogP contribution < -0.4 is 10.6 Å².